The predicted octanol–water partition coefficient (Wildman–Crippen LogP) is 5.61. The van der Waals surface area contributed by atoms with Gasteiger partial charge in [-0.25, -0.2) is 0 Å². The van der Waals surface area contributed by atoms with E-state index >= 15 is 0 Å². The predicted molar refractivity (Wildman–Crippen MR) is 106 cm³/mol. The second-order valence-electron chi connectivity index (χ2n) is 6.30. The summed E-state index contributed by atoms with van der Waals surface area (Å²) in [6.07, 6.45) is 0. The van der Waals surface area contributed by atoms with Gasteiger partial charge >= 0.3 is 0 Å². The molecule has 0 bridgehead atoms. The fraction of sp³-hybridized carbons (Fsp3) is 0.130. The maximum atomic E-state index is 11.1. The van der Waals surface area contributed by atoms with E-state index in [-0.39, 0.29) is 11.5 Å². The van der Waals surface area contributed by atoms with Crippen LogP contribution in [-0.2, 0) is 11.3 Å². The number of aromatic hydroxyl groups is 2. The van der Waals surface area contributed by atoms with Crippen LogP contribution in [-0.4, -0.2) is 16.8 Å². The topological polar surface area (TPSA) is 49.7 Å². The average Bonchev–Trinajstić information content (AvgIpc) is 2.67. The summed E-state index contributed by atoms with van der Waals surface area (Å²) in [6, 6.07) is 21.3. The highest BCUT2D eigenvalue weighted by Gasteiger charge is 2.19. The molecule has 3 heteroatoms. The molecule has 4 aromatic rings. The van der Waals surface area contributed by atoms with Gasteiger partial charge in [-0.1, -0.05) is 54.6 Å². The largest absolute Gasteiger partial charge is 0.507 e. The summed E-state index contributed by atoms with van der Waals surface area (Å²) in [5.41, 5.74) is 2.01. The first kappa shape index (κ1) is 16.4. The molecular weight excluding hydrogens is 324 g/mol. The van der Waals surface area contributed by atoms with Gasteiger partial charge in [0, 0.05) is 23.3 Å². The minimum Gasteiger partial charge on any atom is -0.507 e. The van der Waals surface area contributed by atoms with Gasteiger partial charge in [-0.3, -0.25) is 0 Å². The fourth-order valence-electron chi connectivity index (χ4n) is 3.49. The molecule has 0 fully saturated rings. The van der Waals surface area contributed by atoms with Crippen LogP contribution in [0.3, 0.4) is 0 Å². The molecule has 0 aliphatic rings. The van der Waals surface area contributed by atoms with Crippen molar-refractivity contribution < 1.29 is 14.9 Å². The number of fused-ring (bicyclic) bond motifs is 2. The normalized spacial score (nSPS) is 11.3. The molecule has 0 spiro atoms. The lowest BCUT2D eigenvalue weighted by Gasteiger charge is -2.17. The Kier molecular flexibility index (Phi) is 4.23. The Bertz CT molecular complexity index is 1100. The molecule has 0 aromatic heterocycles. The number of benzene rings is 4. The Balaban J connectivity index is 2.11. The van der Waals surface area contributed by atoms with Crippen molar-refractivity contribution in [2.45, 2.75) is 13.5 Å². The van der Waals surface area contributed by atoms with Crippen LogP contribution in [0.15, 0.2) is 66.7 Å². The van der Waals surface area contributed by atoms with E-state index in [1.165, 1.54) is 0 Å². The minimum absolute atomic E-state index is 0.151. The lowest BCUT2D eigenvalue weighted by Crippen LogP contribution is -1.95. The van der Waals surface area contributed by atoms with Crippen molar-refractivity contribution in [2.75, 3.05) is 6.61 Å². The number of ether oxygens (including phenoxy) is 1. The molecular formula is C23H20O3. The Morgan fingerprint density at radius 1 is 0.769 bits per heavy atom. The maximum Gasteiger partial charge on any atom is 0.129 e. The first-order valence-corrected chi connectivity index (χ1v) is 8.73. The van der Waals surface area contributed by atoms with Crippen LogP contribution >= 0.6 is 0 Å². The van der Waals surface area contributed by atoms with Crippen LogP contribution in [0.4, 0.5) is 0 Å². The van der Waals surface area contributed by atoms with Crippen molar-refractivity contribution in [1.82, 2.24) is 0 Å². The number of hydrogen-bond donors (Lipinski definition) is 2. The summed E-state index contributed by atoms with van der Waals surface area (Å²) in [6.45, 7) is 2.82. The van der Waals surface area contributed by atoms with Gasteiger partial charge in [0.1, 0.15) is 11.5 Å². The Hall–Kier alpha value is -3.04. The van der Waals surface area contributed by atoms with Crippen molar-refractivity contribution in [1.29, 1.82) is 0 Å². The zero-order valence-corrected chi connectivity index (χ0v) is 14.6. The highest BCUT2D eigenvalue weighted by Crippen LogP contribution is 2.46. The first-order valence-electron chi connectivity index (χ1n) is 8.73. The van der Waals surface area contributed by atoms with Gasteiger partial charge in [-0.2, -0.15) is 0 Å². The third kappa shape index (κ3) is 2.67. The molecule has 2 N–H and O–H groups in total. The van der Waals surface area contributed by atoms with Crippen LogP contribution in [0.1, 0.15) is 12.5 Å². The van der Waals surface area contributed by atoms with Crippen LogP contribution < -0.4 is 0 Å². The molecule has 26 heavy (non-hydrogen) atoms. The van der Waals surface area contributed by atoms with Gasteiger partial charge in [0.05, 0.1) is 6.61 Å². The molecule has 0 saturated heterocycles. The first-order chi connectivity index (χ1) is 12.7. The molecule has 0 atom stereocenters. The summed E-state index contributed by atoms with van der Waals surface area (Å²) in [5.74, 6) is 0.307. The number of phenolic OH excluding ortho intramolecular Hbond substituents is 2. The van der Waals surface area contributed by atoms with E-state index in [1.54, 1.807) is 6.07 Å². The molecule has 0 amide bonds. The smallest absolute Gasteiger partial charge is 0.129 e. The van der Waals surface area contributed by atoms with Crippen LogP contribution in [0.25, 0.3) is 32.7 Å². The van der Waals surface area contributed by atoms with Gasteiger partial charge in [-0.15, -0.1) is 0 Å². The molecule has 4 aromatic carbocycles. The molecule has 0 radical (unpaired) electrons. The highest BCUT2D eigenvalue weighted by atomic mass is 16.5. The van der Waals surface area contributed by atoms with Gasteiger partial charge in [0.15, 0.2) is 0 Å². The summed E-state index contributed by atoms with van der Waals surface area (Å²) >= 11 is 0. The Morgan fingerprint density at radius 3 is 2.15 bits per heavy atom. The quantitative estimate of drug-likeness (QED) is 0.506. The summed E-state index contributed by atoms with van der Waals surface area (Å²) in [4.78, 5) is 0. The van der Waals surface area contributed by atoms with Crippen LogP contribution in [0.5, 0.6) is 11.5 Å². The molecule has 4 rings (SSSR count). The van der Waals surface area contributed by atoms with Crippen LogP contribution in [0.2, 0.25) is 0 Å². The van der Waals surface area contributed by atoms with Crippen molar-refractivity contribution in [3.05, 3.63) is 72.3 Å². The third-order valence-corrected chi connectivity index (χ3v) is 4.72. The molecule has 0 unspecified atom stereocenters. The lowest BCUT2D eigenvalue weighted by atomic mass is 9.90. The standard InChI is InChI=1S/C23H20O3/c1-2-26-14-17-13-16-8-4-6-10-19(16)22(23(17)25)21-18-9-5-3-7-15(18)11-12-20(21)24/h3-13,24-25H,2,14H2,1H3. The zero-order chi connectivity index (χ0) is 18.1. The average molecular weight is 344 g/mol. The second-order valence-corrected chi connectivity index (χ2v) is 6.30. The summed E-state index contributed by atoms with van der Waals surface area (Å²) in [5, 5.41) is 25.5. The van der Waals surface area contributed by atoms with E-state index in [0.717, 1.165) is 21.5 Å². The van der Waals surface area contributed by atoms with Gasteiger partial charge in [-0.05, 0) is 40.6 Å². The Morgan fingerprint density at radius 2 is 1.42 bits per heavy atom. The van der Waals surface area contributed by atoms with E-state index in [9.17, 15) is 10.2 Å². The number of hydrogen-bond acceptors (Lipinski definition) is 3. The van der Waals surface area contributed by atoms with Crippen molar-refractivity contribution >= 4 is 21.5 Å². The minimum atomic E-state index is 0.151. The number of rotatable bonds is 4. The van der Waals surface area contributed by atoms with Crippen molar-refractivity contribution in [2.24, 2.45) is 0 Å². The van der Waals surface area contributed by atoms with Crippen molar-refractivity contribution in [3.8, 4) is 22.6 Å². The second kappa shape index (κ2) is 6.70. The molecule has 0 aliphatic heterocycles. The number of phenols is 2. The maximum absolute atomic E-state index is 11.1. The Labute approximate surface area is 152 Å². The monoisotopic (exact) mass is 344 g/mol. The summed E-state index contributed by atoms with van der Waals surface area (Å²) < 4.78 is 5.54. The molecule has 0 aliphatic carbocycles. The SMILES string of the molecule is CCOCc1cc2ccccc2c(-c2c(O)ccc3ccccc23)c1O. The lowest BCUT2D eigenvalue weighted by molar-refractivity contribution is 0.132. The third-order valence-electron chi connectivity index (χ3n) is 4.72. The van der Waals surface area contributed by atoms with E-state index in [2.05, 4.69) is 0 Å². The zero-order valence-electron chi connectivity index (χ0n) is 14.6. The van der Waals surface area contributed by atoms with Gasteiger partial charge < -0.3 is 14.9 Å². The molecule has 3 nitrogen and oxygen atoms in total. The highest BCUT2D eigenvalue weighted by molar-refractivity contribution is 6.10. The van der Waals surface area contributed by atoms with E-state index in [1.807, 2.05) is 67.6 Å². The van der Waals surface area contributed by atoms with E-state index in [4.69, 9.17) is 4.74 Å². The van der Waals surface area contributed by atoms with Crippen LogP contribution in [0, 0.1) is 0 Å². The van der Waals surface area contributed by atoms with E-state index < -0.39 is 0 Å². The van der Waals surface area contributed by atoms with Gasteiger partial charge in [0.2, 0.25) is 0 Å². The molecule has 0 heterocycles. The van der Waals surface area contributed by atoms with Gasteiger partial charge in [0.25, 0.3) is 0 Å². The van der Waals surface area contributed by atoms with E-state index in [0.29, 0.717) is 29.9 Å². The van der Waals surface area contributed by atoms with Crippen molar-refractivity contribution in [3.63, 3.8) is 0 Å². The summed E-state index contributed by atoms with van der Waals surface area (Å²) in [7, 11) is 0. The fourth-order valence-corrected chi connectivity index (χ4v) is 3.49. The molecule has 0 saturated carbocycles. The molecule has 130 valence electrons.